The first kappa shape index (κ1) is 10.2. The molecular weight excluding hydrogens is 196 g/mol. The largest absolute Gasteiger partial charge is 0.372 e. The molecule has 82 valence electrons. The minimum Gasteiger partial charge on any atom is -0.372 e. The first-order valence-electron chi connectivity index (χ1n) is 5.07. The van der Waals surface area contributed by atoms with Crippen molar-refractivity contribution in [2.45, 2.75) is 32.4 Å². The van der Waals surface area contributed by atoms with Crippen LogP contribution in [0.2, 0.25) is 0 Å². The summed E-state index contributed by atoms with van der Waals surface area (Å²) in [5, 5.41) is 6.58. The number of rotatable bonds is 3. The van der Waals surface area contributed by atoms with Crippen molar-refractivity contribution >= 4 is 5.91 Å². The SMILES string of the molecule is CC(=O)NCc1cc(C2CCCO2)no1. The maximum absolute atomic E-state index is 10.7. The number of nitrogens with zero attached hydrogens (tertiary/aromatic N) is 1. The van der Waals surface area contributed by atoms with E-state index < -0.39 is 0 Å². The Bertz CT molecular complexity index is 342. The smallest absolute Gasteiger partial charge is 0.217 e. The highest BCUT2D eigenvalue weighted by atomic mass is 16.5. The van der Waals surface area contributed by atoms with Crippen LogP contribution in [0.3, 0.4) is 0 Å². The molecule has 5 nitrogen and oxygen atoms in total. The van der Waals surface area contributed by atoms with Gasteiger partial charge in [0.25, 0.3) is 0 Å². The van der Waals surface area contributed by atoms with E-state index in [0.717, 1.165) is 25.1 Å². The molecule has 1 aliphatic heterocycles. The van der Waals surface area contributed by atoms with E-state index in [9.17, 15) is 4.79 Å². The maximum atomic E-state index is 10.7. The fraction of sp³-hybridized carbons (Fsp3) is 0.600. The minimum absolute atomic E-state index is 0.0693. The lowest BCUT2D eigenvalue weighted by Crippen LogP contribution is -2.18. The van der Waals surface area contributed by atoms with Gasteiger partial charge in [-0.05, 0) is 12.8 Å². The summed E-state index contributed by atoms with van der Waals surface area (Å²) in [6, 6.07) is 1.84. The topological polar surface area (TPSA) is 64.4 Å². The van der Waals surface area contributed by atoms with Crippen molar-refractivity contribution in [1.82, 2.24) is 10.5 Å². The number of amides is 1. The first-order valence-corrected chi connectivity index (χ1v) is 5.07. The van der Waals surface area contributed by atoms with E-state index in [1.807, 2.05) is 6.07 Å². The third kappa shape index (κ3) is 2.56. The van der Waals surface area contributed by atoms with Gasteiger partial charge in [-0.25, -0.2) is 0 Å². The van der Waals surface area contributed by atoms with E-state index in [4.69, 9.17) is 9.26 Å². The molecule has 1 fully saturated rings. The van der Waals surface area contributed by atoms with E-state index in [-0.39, 0.29) is 12.0 Å². The summed E-state index contributed by atoms with van der Waals surface area (Å²) in [5.41, 5.74) is 0.827. The van der Waals surface area contributed by atoms with Gasteiger partial charge < -0.3 is 14.6 Å². The molecule has 1 atom stereocenters. The van der Waals surface area contributed by atoms with Crippen molar-refractivity contribution in [3.8, 4) is 0 Å². The van der Waals surface area contributed by atoms with Crippen LogP contribution in [0.25, 0.3) is 0 Å². The zero-order chi connectivity index (χ0) is 10.7. The van der Waals surface area contributed by atoms with Gasteiger partial charge in [0.05, 0.1) is 6.54 Å². The Morgan fingerprint density at radius 2 is 2.60 bits per heavy atom. The zero-order valence-corrected chi connectivity index (χ0v) is 8.66. The highest BCUT2D eigenvalue weighted by molar-refractivity contribution is 5.72. The number of aromatic nitrogens is 1. The maximum Gasteiger partial charge on any atom is 0.217 e. The Kier molecular flexibility index (Phi) is 3.01. The van der Waals surface area contributed by atoms with Crippen molar-refractivity contribution < 1.29 is 14.1 Å². The van der Waals surface area contributed by atoms with Crippen LogP contribution >= 0.6 is 0 Å². The Labute approximate surface area is 87.8 Å². The van der Waals surface area contributed by atoms with Crippen LogP contribution in [0.4, 0.5) is 0 Å². The summed E-state index contributed by atoms with van der Waals surface area (Å²) in [7, 11) is 0. The lowest BCUT2D eigenvalue weighted by Gasteiger charge is -2.02. The lowest BCUT2D eigenvalue weighted by atomic mass is 10.2. The Balaban J connectivity index is 1.94. The van der Waals surface area contributed by atoms with E-state index in [1.54, 1.807) is 0 Å². The van der Waals surface area contributed by atoms with Gasteiger partial charge in [0.2, 0.25) is 5.91 Å². The Morgan fingerprint density at radius 1 is 1.73 bits per heavy atom. The fourth-order valence-corrected chi connectivity index (χ4v) is 1.59. The van der Waals surface area contributed by atoms with Crippen molar-refractivity contribution in [3.63, 3.8) is 0 Å². The average Bonchev–Trinajstić information content (AvgIpc) is 2.85. The van der Waals surface area contributed by atoms with Crippen LogP contribution in [-0.2, 0) is 16.1 Å². The number of nitrogens with one attached hydrogen (secondary N) is 1. The molecule has 0 aliphatic carbocycles. The number of carbonyl (C=O) groups excluding carboxylic acids is 1. The monoisotopic (exact) mass is 210 g/mol. The number of carbonyl (C=O) groups is 1. The first-order chi connectivity index (χ1) is 7.25. The van der Waals surface area contributed by atoms with E-state index in [2.05, 4.69) is 10.5 Å². The molecular formula is C10H14N2O3. The molecule has 0 spiro atoms. The molecule has 15 heavy (non-hydrogen) atoms. The quantitative estimate of drug-likeness (QED) is 0.813. The number of hydrogen-bond donors (Lipinski definition) is 1. The second kappa shape index (κ2) is 4.44. The van der Waals surface area contributed by atoms with Crippen molar-refractivity contribution in [3.05, 3.63) is 17.5 Å². The van der Waals surface area contributed by atoms with E-state index in [1.165, 1.54) is 6.92 Å². The molecule has 1 unspecified atom stereocenters. The highest BCUT2D eigenvalue weighted by Crippen LogP contribution is 2.27. The van der Waals surface area contributed by atoms with Gasteiger partial charge >= 0.3 is 0 Å². The summed E-state index contributed by atoms with van der Waals surface area (Å²) in [6.45, 7) is 2.64. The summed E-state index contributed by atoms with van der Waals surface area (Å²) >= 11 is 0. The van der Waals surface area contributed by atoms with Crippen molar-refractivity contribution in [2.24, 2.45) is 0 Å². The van der Waals surface area contributed by atoms with Crippen molar-refractivity contribution in [1.29, 1.82) is 0 Å². The summed E-state index contributed by atoms with van der Waals surface area (Å²) in [6.07, 6.45) is 2.13. The van der Waals surface area contributed by atoms with Crippen molar-refractivity contribution in [2.75, 3.05) is 6.61 Å². The molecule has 0 aromatic carbocycles. The van der Waals surface area contributed by atoms with Crippen LogP contribution in [0.5, 0.6) is 0 Å². The molecule has 5 heteroatoms. The molecule has 0 saturated carbocycles. The molecule has 1 amide bonds. The predicted octanol–water partition coefficient (Wildman–Crippen LogP) is 1.16. The third-order valence-electron chi connectivity index (χ3n) is 2.35. The second-order valence-electron chi connectivity index (χ2n) is 3.63. The van der Waals surface area contributed by atoms with Gasteiger partial charge in [-0.1, -0.05) is 5.16 Å². The Morgan fingerprint density at radius 3 is 3.27 bits per heavy atom. The van der Waals surface area contributed by atoms with Crippen LogP contribution in [0, 0.1) is 0 Å². The molecule has 0 radical (unpaired) electrons. The molecule has 1 aromatic heterocycles. The van der Waals surface area contributed by atoms with Crippen LogP contribution in [0.15, 0.2) is 10.6 Å². The third-order valence-corrected chi connectivity index (χ3v) is 2.35. The molecule has 1 saturated heterocycles. The van der Waals surface area contributed by atoms with Gasteiger partial charge in [0.1, 0.15) is 11.8 Å². The number of hydrogen-bond acceptors (Lipinski definition) is 4. The molecule has 1 aliphatic rings. The van der Waals surface area contributed by atoms with Gasteiger partial charge in [-0.15, -0.1) is 0 Å². The molecule has 1 N–H and O–H groups in total. The molecule has 0 bridgehead atoms. The van der Waals surface area contributed by atoms with Gasteiger partial charge in [-0.2, -0.15) is 0 Å². The van der Waals surface area contributed by atoms with E-state index in [0.29, 0.717) is 12.3 Å². The predicted molar refractivity (Wildman–Crippen MR) is 52.0 cm³/mol. The zero-order valence-electron chi connectivity index (χ0n) is 8.66. The van der Waals surface area contributed by atoms with Gasteiger partial charge in [0.15, 0.2) is 5.76 Å². The minimum atomic E-state index is -0.0786. The van der Waals surface area contributed by atoms with Gasteiger partial charge in [-0.3, -0.25) is 4.79 Å². The average molecular weight is 210 g/mol. The van der Waals surface area contributed by atoms with Crippen LogP contribution in [0.1, 0.15) is 37.3 Å². The van der Waals surface area contributed by atoms with Crippen LogP contribution in [-0.4, -0.2) is 17.7 Å². The summed E-state index contributed by atoms with van der Waals surface area (Å²) < 4.78 is 10.6. The summed E-state index contributed by atoms with van der Waals surface area (Å²) in [4.78, 5) is 10.7. The normalized spacial score (nSPS) is 20.5. The highest BCUT2D eigenvalue weighted by Gasteiger charge is 2.21. The number of ether oxygens (including phenoxy) is 1. The molecule has 2 rings (SSSR count). The second-order valence-corrected chi connectivity index (χ2v) is 3.63. The van der Waals surface area contributed by atoms with Gasteiger partial charge in [0, 0.05) is 19.6 Å². The van der Waals surface area contributed by atoms with Crippen LogP contribution < -0.4 is 5.32 Å². The Hall–Kier alpha value is -1.36. The summed E-state index contributed by atoms with van der Waals surface area (Å²) in [5.74, 6) is 0.584. The molecule has 2 heterocycles. The standard InChI is InChI=1S/C10H14N2O3/c1-7(13)11-6-8-5-9(12-15-8)10-3-2-4-14-10/h5,10H,2-4,6H2,1H3,(H,11,13). The van der Waals surface area contributed by atoms with E-state index >= 15 is 0 Å². The molecule has 1 aromatic rings. The lowest BCUT2D eigenvalue weighted by molar-refractivity contribution is -0.119. The fourth-order valence-electron chi connectivity index (χ4n) is 1.59.